The number of fused-ring (bicyclic) bond motifs is 1. The summed E-state index contributed by atoms with van der Waals surface area (Å²) >= 11 is 1.68. The van der Waals surface area contributed by atoms with Crippen molar-refractivity contribution in [2.45, 2.75) is 26.8 Å². The summed E-state index contributed by atoms with van der Waals surface area (Å²) in [5.41, 5.74) is 7.94. The van der Waals surface area contributed by atoms with Crippen LogP contribution in [0.3, 0.4) is 0 Å². The molecule has 0 saturated heterocycles. The molecule has 0 spiro atoms. The lowest BCUT2D eigenvalue weighted by Gasteiger charge is -2.02. The number of aliphatic imine (C=N–C) groups is 1. The Balaban J connectivity index is 2.46. The molecule has 2 rings (SSSR count). The van der Waals surface area contributed by atoms with Crippen molar-refractivity contribution in [1.29, 1.82) is 0 Å². The van der Waals surface area contributed by atoms with Gasteiger partial charge in [-0.05, 0) is 39.0 Å². The van der Waals surface area contributed by atoms with Crippen LogP contribution >= 0.6 is 11.3 Å². The van der Waals surface area contributed by atoms with Gasteiger partial charge in [-0.2, -0.15) is 0 Å². The van der Waals surface area contributed by atoms with Gasteiger partial charge in [-0.15, -0.1) is 11.3 Å². The van der Waals surface area contributed by atoms with Gasteiger partial charge in [0, 0.05) is 11.6 Å². The zero-order valence-electron chi connectivity index (χ0n) is 9.69. The predicted molar refractivity (Wildman–Crippen MR) is 70.2 cm³/mol. The minimum absolute atomic E-state index is 0.221. The first kappa shape index (κ1) is 11.1. The average molecular weight is 233 g/mol. The van der Waals surface area contributed by atoms with Crippen molar-refractivity contribution in [3.05, 3.63) is 28.8 Å². The van der Waals surface area contributed by atoms with Crippen LogP contribution in [-0.4, -0.2) is 16.9 Å². The normalized spacial score (nSPS) is 12.6. The molecule has 2 aromatic rings. The van der Waals surface area contributed by atoms with E-state index in [1.165, 1.54) is 0 Å². The molecular formula is C12H15N3S. The van der Waals surface area contributed by atoms with Gasteiger partial charge in [-0.25, -0.2) is 4.98 Å². The molecule has 0 fully saturated rings. The minimum Gasteiger partial charge on any atom is -0.383 e. The van der Waals surface area contributed by atoms with Gasteiger partial charge in [0.15, 0.2) is 0 Å². The van der Waals surface area contributed by atoms with Crippen LogP contribution in [0.15, 0.2) is 23.2 Å². The summed E-state index contributed by atoms with van der Waals surface area (Å²) in [6.45, 7) is 6.04. The molecule has 1 aromatic carbocycles. The number of aryl methyl sites for hydroxylation is 1. The zero-order valence-corrected chi connectivity index (χ0v) is 10.5. The SMILES string of the molecule is Cc1nc2ccc(C(N)=NC(C)C)cc2s1. The first-order valence-corrected chi connectivity index (χ1v) is 6.09. The Labute approximate surface area is 99.0 Å². The fourth-order valence-corrected chi connectivity index (χ4v) is 2.42. The molecule has 0 unspecified atom stereocenters. The van der Waals surface area contributed by atoms with E-state index in [1.54, 1.807) is 11.3 Å². The number of hydrogen-bond acceptors (Lipinski definition) is 3. The number of benzene rings is 1. The van der Waals surface area contributed by atoms with Crippen molar-refractivity contribution in [1.82, 2.24) is 4.98 Å². The van der Waals surface area contributed by atoms with Gasteiger partial charge in [0.1, 0.15) is 5.84 Å². The first-order chi connectivity index (χ1) is 7.56. The van der Waals surface area contributed by atoms with Gasteiger partial charge >= 0.3 is 0 Å². The van der Waals surface area contributed by atoms with Gasteiger partial charge in [0.05, 0.1) is 15.2 Å². The molecule has 2 N–H and O–H groups in total. The quantitative estimate of drug-likeness (QED) is 0.640. The molecule has 4 heteroatoms. The van der Waals surface area contributed by atoms with Crippen molar-refractivity contribution in [2.75, 3.05) is 0 Å². The highest BCUT2D eigenvalue weighted by atomic mass is 32.1. The van der Waals surface area contributed by atoms with E-state index in [2.05, 4.69) is 16.0 Å². The number of nitrogens with zero attached hydrogens (tertiary/aromatic N) is 2. The molecule has 0 bridgehead atoms. The lowest BCUT2D eigenvalue weighted by Crippen LogP contribution is -2.15. The standard InChI is InChI=1S/C12H15N3S/c1-7(2)14-12(13)9-4-5-10-11(6-9)16-8(3)15-10/h4-7H,1-3H3,(H2,13,14). The van der Waals surface area contributed by atoms with Gasteiger partial charge in [0.25, 0.3) is 0 Å². The van der Waals surface area contributed by atoms with E-state index in [1.807, 2.05) is 32.9 Å². The van der Waals surface area contributed by atoms with Crippen molar-refractivity contribution in [3.63, 3.8) is 0 Å². The molecule has 0 atom stereocenters. The van der Waals surface area contributed by atoms with E-state index in [4.69, 9.17) is 5.73 Å². The Kier molecular flexibility index (Phi) is 2.92. The van der Waals surface area contributed by atoms with Crippen LogP contribution < -0.4 is 5.73 Å². The Hall–Kier alpha value is -1.42. The minimum atomic E-state index is 0.221. The molecule has 0 radical (unpaired) electrons. The summed E-state index contributed by atoms with van der Waals surface area (Å²) in [6.07, 6.45) is 0. The largest absolute Gasteiger partial charge is 0.383 e. The number of aromatic nitrogens is 1. The Morgan fingerprint density at radius 2 is 2.19 bits per heavy atom. The highest BCUT2D eigenvalue weighted by molar-refractivity contribution is 7.18. The van der Waals surface area contributed by atoms with E-state index in [0.717, 1.165) is 20.8 Å². The Bertz CT molecular complexity index is 540. The maximum Gasteiger partial charge on any atom is 0.125 e. The second-order valence-corrected chi connectivity index (χ2v) is 5.26. The first-order valence-electron chi connectivity index (χ1n) is 5.27. The maximum atomic E-state index is 5.93. The molecule has 3 nitrogen and oxygen atoms in total. The van der Waals surface area contributed by atoms with Crippen LogP contribution in [0.1, 0.15) is 24.4 Å². The van der Waals surface area contributed by atoms with E-state index in [9.17, 15) is 0 Å². The molecule has 0 amide bonds. The van der Waals surface area contributed by atoms with Crippen LogP contribution in [0.2, 0.25) is 0 Å². The summed E-state index contributed by atoms with van der Waals surface area (Å²) in [7, 11) is 0. The molecule has 1 heterocycles. The summed E-state index contributed by atoms with van der Waals surface area (Å²) < 4.78 is 1.16. The molecule has 0 aliphatic carbocycles. The number of rotatable bonds is 2. The molecule has 1 aromatic heterocycles. The monoisotopic (exact) mass is 233 g/mol. The summed E-state index contributed by atoms with van der Waals surface area (Å²) in [5.74, 6) is 0.600. The van der Waals surface area contributed by atoms with E-state index < -0.39 is 0 Å². The summed E-state index contributed by atoms with van der Waals surface area (Å²) in [6, 6.07) is 6.25. The third-order valence-corrected chi connectivity index (χ3v) is 3.12. The van der Waals surface area contributed by atoms with Gasteiger partial charge in [-0.1, -0.05) is 0 Å². The zero-order chi connectivity index (χ0) is 11.7. The lowest BCUT2D eigenvalue weighted by molar-refractivity contribution is 0.834. The van der Waals surface area contributed by atoms with Crippen LogP contribution in [0.25, 0.3) is 10.2 Å². The Morgan fingerprint density at radius 1 is 1.44 bits per heavy atom. The summed E-state index contributed by atoms with van der Waals surface area (Å²) in [5, 5.41) is 1.08. The fourth-order valence-electron chi connectivity index (χ4n) is 1.55. The molecule has 0 aliphatic heterocycles. The molecule has 84 valence electrons. The van der Waals surface area contributed by atoms with Gasteiger partial charge < -0.3 is 5.73 Å². The maximum absolute atomic E-state index is 5.93. The summed E-state index contributed by atoms with van der Waals surface area (Å²) in [4.78, 5) is 8.75. The number of amidine groups is 1. The second kappa shape index (κ2) is 4.22. The van der Waals surface area contributed by atoms with Gasteiger partial charge in [-0.3, -0.25) is 4.99 Å². The molecule has 0 saturated carbocycles. The van der Waals surface area contributed by atoms with Crippen molar-refractivity contribution in [3.8, 4) is 0 Å². The van der Waals surface area contributed by atoms with Crippen LogP contribution in [0, 0.1) is 6.92 Å². The van der Waals surface area contributed by atoms with Crippen LogP contribution in [-0.2, 0) is 0 Å². The van der Waals surface area contributed by atoms with E-state index in [-0.39, 0.29) is 6.04 Å². The number of nitrogens with two attached hydrogens (primary N) is 1. The Morgan fingerprint density at radius 3 is 2.88 bits per heavy atom. The molecular weight excluding hydrogens is 218 g/mol. The third-order valence-electron chi connectivity index (χ3n) is 2.19. The smallest absolute Gasteiger partial charge is 0.125 e. The lowest BCUT2D eigenvalue weighted by atomic mass is 10.2. The van der Waals surface area contributed by atoms with Crippen LogP contribution in [0.4, 0.5) is 0 Å². The second-order valence-electron chi connectivity index (χ2n) is 4.02. The fraction of sp³-hybridized carbons (Fsp3) is 0.333. The molecule has 0 aliphatic rings. The highest BCUT2D eigenvalue weighted by Crippen LogP contribution is 2.22. The predicted octanol–water partition coefficient (Wildman–Crippen LogP) is 2.72. The van der Waals surface area contributed by atoms with Gasteiger partial charge in [0.2, 0.25) is 0 Å². The van der Waals surface area contributed by atoms with Crippen molar-refractivity contribution in [2.24, 2.45) is 10.7 Å². The topological polar surface area (TPSA) is 51.3 Å². The highest BCUT2D eigenvalue weighted by Gasteiger charge is 2.04. The van der Waals surface area contributed by atoms with E-state index in [0.29, 0.717) is 5.84 Å². The van der Waals surface area contributed by atoms with Crippen molar-refractivity contribution >= 4 is 27.4 Å². The third kappa shape index (κ3) is 2.22. The number of hydrogen-bond donors (Lipinski definition) is 1. The van der Waals surface area contributed by atoms with Crippen LogP contribution in [0.5, 0.6) is 0 Å². The number of thiazole rings is 1. The molecule has 16 heavy (non-hydrogen) atoms. The van der Waals surface area contributed by atoms with Crippen molar-refractivity contribution < 1.29 is 0 Å². The average Bonchev–Trinajstić information content (AvgIpc) is 2.55. The van der Waals surface area contributed by atoms with E-state index >= 15 is 0 Å².